The Kier molecular flexibility index (Phi) is 4.11. The lowest BCUT2D eigenvalue weighted by Crippen LogP contribution is -2.40. The molecule has 3 N–H and O–H groups in total. The first-order valence-corrected chi connectivity index (χ1v) is 4.82. The molecule has 0 heterocycles. The van der Waals surface area contributed by atoms with Gasteiger partial charge < -0.3 is 10.8 Å². The predicted molar refractivity (Wildman–Crippen MR) is 50.4 cm³/mol. The Morgan fingerprint density at radius 2 is 1.58 bits per heavy atom. The molecule has 0 fully saturated rings. The zero-order valence-corrected chi connectivity index (χ0v) is 9.06. The van der Waals surface area contributed by atoms with Gasteiger partial charge in [0.15, 0.2) is 6.10 Å². The fourth-order valence-corrected chi connectivity index (χ4v) is 1.48. The van der Waals surface area contributed by atoms with Crippen molar-refractivity contribution in [2.75, 3.05) is 0 Å². The molecule has 0 saturated carbocycles. The molecule has 0 aromatic heterocycles. The van der Waals surface area contributed by atoms with E-state index < -0.39 is 41.4 Å². The van der Waals surface area contributed by atoms with Crippen LogP contribution in [0.15, 0.2) is 18.2 Å². The minimum Gasteiger partial charge on any atom is -0.382 e. The molecule has 1 aromatic rings. The van der Waals surface area contributed by atoms with Gasteiger partial charge in [-0.15, -0.1) is 0 Å². The zero-order valence-electron chi connectivity index (χ0n) is 9.06. The number of alkyl halides is 6. The largest absolute Gasteiger partial charge is 0.416 e. The van der Waals surface area contributed by atoms with Crippen molar-refractivity contribution in [3.05, 3.63) is 35.1 Å². The Bertz CT molecular complexity index is 454. The first-order valence-electron chi connectivity index (χ1n) is 4.82. The molecule has 0 bridgehead atoms. The fourth-order valence-electron chi connectivity index (χ4n) is 1.48. The highest BCUT2D eigenvalue weighted by Crippen LogP contribution is 2.38. The van der Waals surface area contributed by atoms with Crippen LogP contribution >= 0.6 is 0 Å². The van der Waals surface area contributed by atoms with Crippen LogP contribution < -0.4 is 5.73 Å². The highest BCUT2D eigenvalue weighted by Gasteiger charge is 2.46. The van der Waals surface area contributed by atoms with E-state index in [1.54, 1.807) is 0 Å². The van der Waals surface area contributed by atoms with Crippen LogP contribution in [-0.4, -0.2) is 17.4 Å². The summed E-state index contributed by atoms with van der Waals surface area (Å²) in [6, 6.07) is -0.957. The van der Waals surface area contributed by atoms with E-state index >= 15 is 0 Å². The summed E-state index contributed by atoms with van der Waals surface area (Å²) < 4.78 is 87.6. The summed E-state index contributed by atoms with van der Waals surface area (Å²) in [5, 5.41) is 8.84. The molecule has 0 spiro atoms. The molecule has 108 valence electrons. The SMILES string of the molecule is N[C@@H](c1c(F)cccc1C(F)(F)F)[C@H](O)C(F)(F)F. The van der Waals surface area contributed by atoms with E-state index in [2.05, 4.69) is 0 Å². The smallest absolute Gasteiger partial charge is 0.382 e. The van der Waals surface area contributed by atoms with Gasteiger partial charge in [-0.05, 0) is 12.1 Å². The van der Waals surface area contributed by atoms with Crippen LogP contribution in [0.3, 0.4) is 0 Å². The van der Waals surface area contributed by atoms with Gasteiger partial charge in [-0.1, -0.05) is 6.07 Å². The average molecular weight is 291 g/mol. The number of aliphatic hydroxyl groups excluding tert-OH is 1. The molecule has 0 saturated heterocycles. The molecular weight excluding hydrogens is 283 g/mol. The van der Waals surface area contributed by atoms with Crippen molar-refractivity contribution in [1.29, 1.82) is 0 Å². The van der Waals surface area contributed by atoms with Gasteiger partial charge in [0.2, 0.25) is 0 Å². The summed E-state index contributed by atoms with van der Waals surface area (Å²) in [5.74, 6) is -1.56. The molecular formula is C10H8F7NO. The van der Waals surface area contributed by atoms with Crippen molar-refractivity contribution in [3.8, 4) is 0 Å². The molecule has 0 amide bonds. The minimum atomic E-state index is -5.26. The maximum absolute atomic E-state index is 13.3. The maximum atomic E-state index is 13.3. The van der Waals surface area contributed by atoms with Crippen LogP contribution in [0, 0.1) is 5.82 Å². The molecule has 19 heavy (non-hydrogen) atoms. The van der Waals surface area contributed by atoms with Crippen molar-refractivity contribution in [1.82, 2.24) is 0 Å². The highest BCUT2D eigenvalue weighted by molar-refractivity contribution is 5.34. The molecule has 0 aliphatic carbocycles. The van der Waals surface area contributed by atoms with Gasteiger partial charge >= 0.3 is 12.4 Å². The van der Waals surface area contributed by atoms with Crippen molar-refractivity contribution in [2.45, 2.75) is 24.5 Å². The van der Waals surface area contributed by atoms with Crippen LogP contribution in [0.1, 0.15) is 17.2 Å². The average Bonchev–Trinajstić information content (AvgIpc) is 2.24. The van der Waals surface area contributed by atoms with Crippen LogP contribution in [-0.2, 0) is 6.18 Å². The third kappa shape index (κ3) is 3.35. The lowest BCUT2D eigenvalue weighted by molar-refractivity contribution is -0.211. The Hall–Kier alpha value is -1.35. The zero-order chi connectivity index (χ0) is 15.0. The number of halogens is 7. The Balaban J connectivity index is 3.34. The number of hydrogen-bond acceptors (Lipinski definition) is 2. The summed E-state index contributed by atoms with van der Waals surface area (Å²) in [5.41, 5.74) is 1.85. The van der Waals surface area contributed by atoms with E-state index in [9.17, 15) is 30.7 Å². The van der Waals surface area contributed by atoms with E-state index in [0.29, 0.717) is 18.2 Å². The van der Waals surface area contributed by atoms with E-state index in [-0.39, 0.29) is 0 Å². The number of rotatable bonds is 2. The molecule has 0 unspecified atom stereocenters. The van der Waals surface area contributed by atoms with E-state index in [1.165, 1.54) is 0 Å². The van der Waals surface area contributed by atoms with E-state index in [0.717, 1.165) is 0 Å². The normalized spacial score (nSPS) is 16.3. The predicted octanol–water partition coefficient (Wildman–Crippen LogP) is 2.77. The summed E-state index contributed by atoms with van der Waals surface area (Å²) in [6.45, 7) is 0. The summed E-state index contributed by atoms with van der Waals surface area (Å²) in [4.78, 5) is 0. The van der Waals surface area contributed by atoms with E-state index in [4.69, 9.17) is 10.8 Å². The second kappa shape index (κ2) is 4.97. The molecule has 9 heteroatoms. The van der Waals surface area contributed by atoms with Gasteiger partial charge in [-0.25, -0.2) is 4.39 Å². The first-order chi connectivity index (χ1) is 8.46. The molecule has 1 aromatic carbocycles. The van der Waals surface area contributed by atoms with Gasteiger partial charge in [0.1, 0.15) is 5.82 Å². The Morgan fingerprint density at radius 3 is 2.00 bits per heavy atom. The number of hydrogen-bond donors (Lipinski definition) is 2. The summed E-state index contributed by atoms with van der Waals surface area (Å²) in [7, 11) is 0. The van der Waals surface area contributed by atoms with Gasteiger partial charge in [0.05, 0.1) is 11.6 Å². The Labute approximate surface area is 102 Å². The second-order valence-electron chi connectivity index (χ2n) is 3.71. The van der Waals surface area contributed by atoms with Crippen molar-refractivity contribution < 1.29 is 35.8 Å². The third-order valence-corrected chi connectivity index (χ3v) is 2.37. The standard InChI is InChI=1S/C10H8F7NO/c11-5-3-1-2-4(9(12,13)14)6(5)7(18)8(19)10(15,16)17/h1-3,7-8,19H,18H2/t7-,8-/m0/s1. The summed E-state index contributed by atoms with van der Waals surface area (Å²) in [6.07, 6.45) is -13.6. The quantitative estimate of drug-likeness (QED) is 0.823. The summed E-state index contributed by atoms with van der Waals surface area (Å²) >= 11 is 0. The van der Waals surface area contributed by atoms with Crippen LogP contribution in [0.25, 0.3) is 0 Å². The van der Waals surface area contributed by atoms with Gasteiger partial charge in [-0.3, -0.25) is 0 Å². The lowest BCUT2D eigenvalue weighted by Gasteiger charge is -2.24. The Morgan fingerprint density at radius 1 is 1.05 bits per heavy atom. The van der Waals surface area contributed by atoms with Crippen LogP contribution in [0.2, 0.25) is 0 Å². The van der Waals surface area contributed by atoms with Gasteiger partial charge in [0, 0.05) is 5.56 Å². The highest BCUT2D eigenvalue weighted by atomic mass is 19.4. The van der Waals surface area contributed by atoms with Gasteiger partial charge in [-0.2, -0.15) is 26.3 Å². The van der Waals surface area contributed by atoms with Crippen molar-refractivity contribution in [2.24, 2.45) is 5.73 Å². The van der Waals surface area contributed by atoms with Gasteiger partial charge in [0.25, 0.3) is 0 Å². The topological polar surface area (TPSA) is 46.2 Å². The molecule has 1 rings (SSSR count). The van der Waals surface area contributed by atoms with Crippen LogP contribution in [0.5, 0.6) is 0 Å². The number of aliphatic hydroxyl groups is 1. The van der Waals surface area contributed by atoms with E-state index in [1.807, 2.05) is 0 Å². The molecule has 2 atom stereocenters. The third-order valence-electron chi connectivity index (χ3n) is 2.37. The molecule has 0 aliphatic heterocycles. The minimum absolute atomic E-state index is 0.390. The molecule has 0 aliphatic rings. The first kappa shape index (κ1) is 15.7. The monoisotopic (exact) mass is 291 g/mol. The van der Waals surface area contributed by atoms with Crippen molar-refractivity contribution in [3.63, 3.8) is 0 Å². The van der Waals surface area contributed by atoms with Crippen LogP contribution in [0.4, 0.5) is 30.7 Å². The maximum Gasteiger partial charge on any atom is 0.416 e. The molecule has 2 nitrogen and oxygen atoms in total. The second-order valence-corrected chi connectivity index (χ2v) is 3.71. The lowest BCUT2D eigenvalue weighted by atomic mass is 9.95. The number of benzene rings is 1. The fraction of sp³-hybridized carbons (Fsp3) is 0.400. The van der Waals surface area contributed by atoms with Crippen molar-refractivity contribution >= 4 is 0 Å². The molecule has 0 radical (unpaired) electrons. The number of nitrogens with two attached hydrogens (primary N) is 1.